The lowest BCUT2D eigenvalue weighted by atomic mass is 9.55. The van der Waals surface area contributed by atoms with E-state index in [0.29, 0.717) is 16.9 Å². The van der Waals surface area contributed by atoms with Gasteiger partial charge in [0.1, 0.15) is 0 Å². The fraction of sp³-hybridized carbons (Fsp3) is 0.478. The molecule has 2 aromatic rings. The highest BCUT2D eigenvalue weighted by atomic mass is 35.5. The lowest BCUT2D eigenvalue weighted by Gasteiger charge is -2.52. The van der Waals surface area contributed by atoms with Crippen LogP contribution in [0.4, 0.5) is 0 Å². The maximum absolute atomic E-state index is 12.1. The summed E-state index contributed by atoms with van der Waals surface area (Å²) in [5, 5.41) is 13.5. The molecular weight excluding hydrogens is 363 g/mol. The van der Waals surface area contributed by atoms with Crippen LogP contribution in [-0.4, -0.2) is 5.11 Å². The second-order valence-corrected chi connectivity index (χ2v) is 9.41. The number of hydrogen-bond donors (Lipinski definition) is 1. The summed E-state index contributed by atoms with van der Waals surface area (Å²) in [6.07, 6.45) is 4.60. The normalized spacial score (nSPS) is 33.9. The smallest absolute Gasteiger partial charge is 0.0956 e. The monoisotopic (exact) mass is 388 g/mol. The van der Waals surface area contributed by atoms with Gasteiger partial charge in [0.05, 0.1) is 5.60 Å². The highest BCUT2D eigenvalue weighted by molar-refractivity contribution is 6.31. The lowest BCUT2D eigenvalue weighted by molar-refractivity contribution is -0.132. The quantitative estimate of drug-likeness (QED) is 0.590. The molecular formula is C23H26Cl2O. The number of halogens is 2. The molecule has 2 aromatic carbocycles. The van der Waals surface area contributed by atoms with Crippen molar-refractivity contribution in [1.82, 2.24) is 0 Å². The number of benzene rings is 2. The van der Waals surface area contributed by atoms with E-state index in [4.69, 9.17) is 23.2 Å². The van der Waals surface area contributed by atoms with Crippen molar-refractivity contribution in [1.29, 1.82) is 0 Å². The number of rotatable bonds is 2. The first-order valence-electron chi connectivity index (χ1n) is 9.66. The molecule has 5 unspecified atom stereocenters. The van der Waals surface area contributed by atoms with Crippen LogP contribution in [0.25, 0.3) is 11.1 Å². The van der Waals surface area contributed by atoms with Crippen molar-refractivity contribution in [2.24, 2.45) is 23.7 Å². The number of hydrogen-bond acceptors (Lipinski definition) is 1. The van der Waals surface area contributed by atoms with Crippen molar-refractivity contribution in [3.63, 3.8) is 0 Å². The molecule has 0 saturated heterocycles. The van der Waals surface area contributed by atoms with E-state index in [-0.39, 0.29) is 5.92 Å². The van der Waals surface area contributed by atoms with Crippen LogP contribution in [0.2, 0.25) is 10.0 Å². The zero-order chi connectivity index (χ0) is 18.5. The Morgan fingerprint density at radius 1 is 0.885 bits per heavy atom. The minimum absolute atomic E-state index is 0.225. The predicted molar refractivity (Wildman–Crippen MR) is 110 cm³/mol. The van der Waals surface area contributed by atoms with Gasteiger partial charge in [0.25, 0.3) is 0 Å². The molecule has 2 saturated carbocycles. The highest BCUT2D eigenvalue weighted by Crippen LogP contribution is 2.56. The minimum atomic E-state index is -0.828. The Bertz CT molecular complexity index is 796. The second kappa shape index (κ2) is 6.86. The summed E-state index contributed by atoms with van der Waals surface area (Å²) in [5.74, 6) is 1.95. The van der Waals surface area contributed by atoms with Crippen LogP contribution in [0.1, 0.15) is 45.1 Å². The Kier molecular flexibility index (Phi) is 4.84. The van der Waals surface area contributed by atoms with Crippen molar-refractivity contribution >= 4 is 23.2 Å². The molecule has 2 aliphatic rings. The number of aliphatic hydroxyl groups is 1. The van der Waals surface area contributed by atoms with E-state index in [1.807, 2.05) is 42.5 Å². The largest absolute Gasteiger partial charge is 0.385 e. The van der Waals surface area contributed by atoms with Crippen molar-refractivity contribution in [3.05, 3.63) is 58.1 Å². The SMILES string of the molecule is CC1CC2CC(C)C(O)(c3cc(Cl)ccc3-c3ccc(Cl)cc3)C(C1)C2. The zero-order valence-corrected chi connectivity index (χ0v) is 16.9. The molecule has 26 heavy (non-hydrogen) atoms. The summed E-state index contributed by atoms with van der Waals surface area (Å²) in [6.45, 7) is 4.54. The van der Waals surface area contributed by atoms with Crippen LogP contribution < -0.4 is 0 Å². The standard InChI is InChI=1S/C23H26Cl2O/c1-14-9-16-11-15(2)23(26,18(10-14)12-16)22-13-20(25)7-8-21(22)17-3-5-19(24)6-4-17/h3-8,13-16,18,26H,9-12H2,1-2H3. The van der Waals surface area contributed by atoms with Crippen molar-refractivity contribution in [2.75, 3.05) is 0 Å². The van der Waals surface area contributed by atoms with E-state index in [1.54, 1.807) is 0 Å². The van der Waals surface area contributed by atoms with Gasteiger partial charge >= 0.3 is 0 Å². The first kappa shape index (κ1) is 18.3. The van der Waals surface area contributed by atoms with Gasteiger partial charge in [-0.3, -0.25) is 0 Å². The average molecular weight is 389 g/mol. The summed E-state index contributed by atoms with van der Waals surface area (Å²) >= 11 is 12.5. The predicted octanol–water partition coefficient (Wildman–Crippen LogP) is 6.94. The fourth-order valence-electron chi connectivity index (χ4n) is 5.59. The maximum Gasteiger partial charge on any atom is 0.0956 e. The highest BCUT2D eigenvalue weighted by Gasteiger charge is 2.51. The van der Waals surface area contributed by atoms with Crippen molar-refractivity contribution in [3.8, 4) is 11.1 Å². The van der Waals surface area contributed by atoms with Crippen LogP contribution >= 0.6 is 23.2 Å². The summed E-state index contributed by atoms with van der Waals surface area (Å²) in [5.41, 5.74) is 2.30. The van der Waals surface area contributed by atoms with E-state index in [9.17, 15) is 5.11 Å². The molecule has 2 bridgehead atoms. The third-order valence-electron chi connectivity index (χ3n) is 6.67. The van der Waals surface area contributed by atoms with Gasteiger partial charge < -0.3 is 5.11 Å². The molecule has 0 spiro atoms. The lowest BCUT2D eigenvalue weighted by Crippen LogP contribution is -2.49. The van der Waals surface area contributed by atoms with Crippen LogP contribution in [0, 0.1) is 23.7 Å². The Morgan fingerprint density at radius 3 is 2.31 bits per heavy atom. The molecule has 138 valence electrons. The molecule has 5 atom stereocenters. The zero-order valence-electron chi connectivity index (χ0n) is 15.4. The van der Waals surface area contributed by atoms with Gasteiger partial charge in [-0.15, -0.1) is 0 Å². The van der Waals surface area contributed by atoms with Gasteiger partial charge in [-0.1, -0.05) is 55.2 Å². The van der Waals surface area contributed by atoms with E-state index in [0.717, 1.165) is 46.9 Å². The minimum Gasteiger partial charge on any atom is -0.385 e. The maximum atomic E-state index is 12.1. The Balaban J connectivity index is 1.85. The topological polar surface area (TPSA) is 20.2 Å². The Morgan fingerprint density at radius 2 is 1.58 bits per heavy atom. The molecule has 3 heteroatoms. The Labute approximate surface area is 166 Å². The first-order chi connectivity index (χ1) is 12.4. The van der Waals surface area contributed by atoms with E-state index in [2.05, 4.69) is 13.8 Å². The van der Waals surface area contributed by atoms with E-state index >= 15 is 0 Å². The summed E-state index contributed by atoms with van der Waals surface area (Å²) in [4.78, 5) is 0. The van der Waals surface area contributed by atoms with E-state index < -0.39 is 5.60 Å². The molecule has 0 amide bonds. The van der Waals surface area contributed by atoms with Gasteiger partial charge in [-0.05, 0) is 90.3 Å². The molecule has 0 aromatic heterocycles. The molecule has 2 aliphatic carbocycles. The summed E-state index contributed by atoms with van der Waals surface area (Å²) < 4.78 is 0. The van der Waals surface area contributed by atoms with Crippen molar-refractivity contribution < 1.29 is 5.11 Å². The van der Waals surface area contributed by atoms with Gasteiger partial charge in [0, 0.05) is 10.0 Å². The third-order valence-corrected chi connectivity index (χ3v) is 7.16. The van der Waals surface area contributed by atoms with Crippen molar-refractivity contribution in [2.45, 2.75) is 45.1 Å². The third kappa shape index (κ3) is 3.09. The van der Waals surface area contributed by atoms with Gasteiger partial charge in [0.15, 0.2) is 0 Å². The van der Waals surface area contributed by atoms with Gasteiger partial charge in [-0.2, -0.15) is 0 Å². The molecule has 0 aliphatic heterocycles. The first-order valence-corrected chi connectivity index (χ1v) is 10.4. The summed E-state index contributed by atoms with van der Waals surface area (Å²) in [7, 11) is 0. The molecule has 4 rings (SSSR count). The molecule has 2 fully saturated rings. The molecule has 1 N–H and O–H groups in total. The molecule has 1 nitrogen and oxygen atoms in total. The number of fused-ring (bicyclic) bond motifs is 2. The van der Waals surface area contributed by atoms with Gasteiger partial charge in [0.2, 0.25) is 0 Å². The van der Waals surface area contributed by atoms with Gasteiger partial charge in [-0.25, -0.2) is 0 Å². The molecule has 0 radical (unpaired) electrons. The Hall–Kier alpha value is -1.02. The summed E-state index contributed by atoms with van der Waals surface area (Å²) in [6, 6.07) is 13.8. The van der Waals surface area contributed by atoms with Crippen LogP contribution in [0.15, 0.2) is 42.5 Å². The average Bonchev–Trinajstić information content (AvgIpc) is 2.60. The van der Waals surface area contributed by atoms with E-state index in [1.165, 1.54) is 6.42 Å². The molecule has 0 heterocycles. The van der Waals surface area contributed by atoms with Crippen LogP contribution in [0.3, 0.4) is 0 Å². The second-order valence-electron chi connectivity index (χ2n) is 8.53. The van der Waals surface area contributed by atoms with Crippen LogP contribution in [0.5, 0.6) is 0 Å². The van der Waals surface area contributed by atoms with Crippen LogP contribution in [-0.2, 0) is 5.60 Å². The fourth-order valence-corrected chi connectivity index (χ4v) is 5.89.